The van der Waals surface area contributed by atoms with E-state index in [0.29, 0.717) is 16.5 Å². The first-order chi connectivity index (χ1) is 10.9. The predicted octanol–water partition coefficient (Wildman–Crippen LogP) is 1.15. The topological polar surface area (TPSA) is 113 Å². The normalized spacial score (nSPS) is 19.3. The summed E-state index contributed by atoms with van der Waals surface area (Å²) in [7, 11) is 0. The molecular weight excluding hydrogens is 324 g/mol. The minimum atomic E-state index is -1.86. The van der Waals surface area contributed by atoms with Gasteiger partial charge in [0.1, 0.15) is 5.75 Å². The number of fused-ring (bicyclic) bond motifs is 1. The number of nitrogens with one attached hydrogen (secondary N) is 3. The summed E-state index contributed by atoms with van der Waals surface area (Å²) >= 11 is 5.85. The standard InChI is InChI=1S/C14H11ClN4O4/c1-14(13(22)19-10-11(20)17-5-4-16-10)12(21)18-8-6-7(15)2-3-9(8)23-14/h2-6H,1H3,(H,17,20)(H,18,21)(H,16,19,22). The molecule has 1 aromatic carbocycles. The largest absolute Gasteiger partial charge is 0.466 e. The highest BCUT2D eigenvalue weighted by Gasteiger charge is 2.47. The van der Waals surface area contributed by atoms with Gasteiger partial charge in [-0.1, -0.05) is 11.6 Å². The maximum atomic E-state index is 12.4. The number of hydrogen-bond acceptors (Lipinski definition) is 5. The van der Waals surface area contributed by atoms with E-state index >= 15 is 0 Å². The molecule has 0 spiro atoms. The van der Waals surface area contributed by atoms with Gasteiger partial charge >= 0.3 is 0 Å². The fourth-order valence-electron chi connectivity index (χ4n) is 2.01. The SMILES string of the molecule is CC1(C(=O)Nc2ncc[nH]c2=O)Oc2ccc(Cl)cc2NC1=O. The number of carbonyl (C=O) groups is 2. The van der Waals surface area contributed by atoms with Crippen LogP contribution in [-0.4, -0.2) is 27.4 Å². The van der Waals surface area contributed by atoms with Crippen LogP contribution >= 0.6 is 11.6 Å². The summed E-state index contributed by atoms with van der Waals surface area (Å²) in [5, 5.41) is 5.26. The number of halogens is 1. The van der Waals surface area contributed by atoms with Crippen molar-refractivity contribution in [3.8, 4) is 5.75 Å². The van der Waals surface area contributed by atoms with Crippen molar-refractivity contribution < 1.29 is 14.3 Å². The molecule has 0 bridgehead atoms. The van der Waals surface area contributed by atoms with E-state index in [1.165, 1.54) is 31.5 Å². The lowest BCUT2D eigenvalue weighted by atomic mass is 10.0. The molecule has 0 radical (unpaired) electrons. The van der Waals surface area contributed by atoms with Gasteiger partial charge in [0.2, 0.25) is 0 Å². The van der Waals surface area contributed by atoms with Crippen molar-refractivity contribution in [1.29, 1.82) is 0 Å². The zero-order chi connectivity index (χ0) is 16.6. The summed E-state index contributed by atoms with van der Waals surface area (Å²) < 4.78 is 5.54. The lowest BCUT2D eigenvalue weighted by Gasteiger charge is -2.33. The first-order valence-electron chi connectivity index (χ1n) is 6.55. The third-order valence-corrected chi connectivity index (χ3v) is 3.55. The van der Waals surface area contributed by atoms with E-state index in [-0.39, 0.29) is 5.82 Å². The third-order valence-electron chi connectivity index (χ3n) is 3.31. The van der Waals surface area contributed by atoms with E-state index in [0.717, 1.165) is 0 Å². The number of nitrogens with zero attached hydrogens (tertiary/aromatic N) is 1. The minimum absolute atomic E-state index is 0.225. The molecule has 3 rings (SSSR count). The van der Waals surface area contributed by atoms with Gasteiger partial charge in [-0.2, -0.15) is 0 Å². The first-order valence-corrected chi connectivity index (χ1v) is 6.93. The Balaban J connectivity index is 1.91. The van der Waals surface area contributed by atoms with Gasteiger partial charge in [0.15, 0.2) is 5.82 Å². The van der Waals surface area contributed by atoms with Crippen molar-refractivity contribution in [2.24, 2.45) is 0 Å². The van der Waals surface area contributed by atoms with Crippen molar-refractivity contribution >= 4 is 34.9 Å². The van der Waals surface area contributed by atoms with E-state index in [1.807, 2.05) is 0 Å². The monoisotopic (exact) mass is 334 g/mol. The lowest BCUT2D eigenvalue weighted by molar-refractivity contribution is -0.143. The van der Waals surface area contributed by atoms with Gasteiger partial charge in [-0.25, -0.2) is 4.98 Å². The molecule has 1 unspecified atom stereocenters. The van der Waals surface area contributed by atoms with Crippen molar-refractivity contribution in [3.63, 3.8) is 0 Å². The third kappa shape index (κ3) is 2.64. The lowest BCUT2D eigenvalue weighted by Crippen LogP contribution is -2.57. The Morgan fingerprint density at radius 3 is 2.91 bits per heavy atom. The molecule has 0 fully saturated rings. The Labute approximate surface area is 134 Å². The van der Waals surface area contributed by atoms with Crippen molar-refractivity contribution in [2.75, 3.05) is 10.6 Å². The van der Waals surface area contributed by atoms with Crippen LogP contribution in [0.2, 0.25) is 5.02 Å². The van der Waals surface area contributed by atoms with Crippen molar-refractivity contribution in [3.05, 3.63) is 46.0 Å². The number of aromatic nitrogens is 2. The van der Waals surface area contributed by atoms with Gasteiger partial charge in [-0.3, -0.25) is 14.4 Å². The highest BCUT2D eigenvalue weighted by Crippen LogP contribution is 2.35. The highest BCUT2D eigenvalue weighted by atomic mass is 35.5. The van der Waals surface area contributed by atoms with E-state index in [1.54, 1.807) is 6.07 Å². The average Bonchev–Trinajstić information content (AvgIpc) is 2.51. The molecule has 1 aliphatic heterocycles. The van der Waals surface area contributed by atoms with Gasteiger partial charge in [0.25, 0.3) is 23.0 Å². The van der Waals surface area contributed by atoms with Crippen LogP contribution in [0, 0.1) is 0 Å². The molecule has 118 valence electrons. The summed E-state index contributed by atoms with van der Waals surface area (Å²) in [6.45, 7) is 1.30. The van der Waals surface area contributed by atoms with Gasteiger partial charge in [-0.05, 0) is 25.1 Å². The van der Waals surface area contributed by atoms with E-state index in [4.69, 9.17) is 16.3 Å². The number of aromatic amines is 1. The van der Waals surface area contributed by atoms with E-state index in [9.17, 15) is 14.4 Å². The Kier molecular flexibility index (Phi) is 3.53. The summed E-state index contributed by atoms with van der Waals surface area (Å²) in [6, 6.07) is 4.62. The molecule has 1 aromatic heterocycles. The molecule has 8 nitrogen and oxygen atoms in total. The molecule has 1 atom stereocenters. The second-order valence-corrected chi connectivity index (χ2v) is 5.39. The Bertz CT molecular complexity index is 866. The molecule has 9 heteroatoms. The van der Waals surface area contributed by atoms with Crippen LogP contribution in [0.5, 0.6) is 5.75 Å². The Hall–Kier alpha value is -2.87. The quantitative estimate of drug-likeness (QED) is 0.713. The van der Waals surface area contributed by atoms with Gasteiger partial charge < -0.3 is 20.4 Å². The number of carbonyl (C=O) groups excluding carboxylic acids is 2. The second kappa shape index (κ2) is 5.40. The molecular formula is C14H11ClN4O4. The molecule has 2 aromatic rings. The van der Waals surface area contributed by atoms with Crippen LogP contribution in [-0.2, 0) is 9.59 Å². The van der Waals surface area contributed by atoms with Crippen LogP contribution in [0.4, 0.5) is 11.5 Å². The summed E-state index contributed by atoms with van der Waals surface area (Å²) in [4.78, 5) is 42.4. The number of hydrogen-bond donors (Lipinski definition) is 3. The summed E-state index contributed by atoms with van der Waals surface area (Å²) in [6.07, 6.45) is 2.63. The molecule has 2 heterocycles. The molecule has 0 saturated carbocycles. The van der Waals surface area contributed by atoms with Crippen LogP contribution in [0.15, 0.2) is 35.4 Å². The number of H-pyrrole nitrogens is 1. The van der Waals surface area contributed by atoms with Crippen molar-refractivity contribution in [1.82, 2.24) is 9.97 Å². The van der Waals surface area contributed by atoms with Gasteiger partial charge in [0.05, 0.1) is 5.69 Å². The van der Waals surface area contributed by atoms with Crippen LogP contribution in [0.25, 0.3) is 0 Å². The fraction of sp³-hybridized carbons (Fsp3) is 0.143. The summed E-state index contributed by atoms with van der Waals surface area (Å²) in [5.41, 5.74) is -2.08. The fourth-order valence-corrected chi connectivity index (χ4v) is 2.19. The molecule has 23 heavy (non-hydrogen) atoms. The number of rotatable bonds is 2. The number of ether oxygens (including phenoxy) is 1. The maximum Gasteiger partial charge on any atom is 0.291 e. The highest BCUT2D eigenvalue weighted by molar-refractivity contribution is 6.31. The Morgan fingerprint density at radius 1 is 1.39 bits per heavy atom. The molecule has 3 N–H and O–H groups in total. The maximum absolute atomic E-state index is 12.4. The van der Waals surface area contributed by atoms with Crippen LogP contribution in [0.3, 0.4) is 0 Å². The molecule has 1 aliphatic rings. The van der Waals surface area contributed by atoms with Crippen LogP contribution < -0.4 is 20.9 Å². The summed E-state index contributed by atoms with van der Waals surface area (Å²) in [5.74, 6) is -1.43. The second-order valence-electron chi connectivity index (χ2n) is 4.95. The van der Waals surface area contributed by atoms with E-state index < -0.39 is 23.0 Å². The molecule has 0 aliphatic carbocycles. The van der Waals surface area contributed by atoms with Gasteiger partial charge in [0, 0.05) is 17.4 Å². The molecule has 2 amide bonds. The number of amides is 2. The smallest absolute Gasteiger partial charge is 0.291 e. The number of anilines is 2. The van der Waals surface area contributed by atoms with Crippen molar-refractivity contribution in [2.45, 2.75) is 12.5 Å². The zero-order valence-corrected chi connectivity index (χ0v) is 12.6. The zero-order valence-electron chi connectivity index (χ0n) is 11.8. The van der Waals surface area contributed by atoms with Crippen LogP contribution in [0.1, 0.15) is 6.92 Å². The van der Waals surface area contributed by atoms with E-state index in [2.05, 4.69) is 20.6 Å². The average molecular weight is 335 g/mol. The Morgan fingerprint density at radius 2 is 2.17 bits per heavy atom. The van der Waals surface area contributed by atoms with Gasteiger partial charge in [-0.15, -0.1) is 0 Å². The first kappa shape index (κ1) is 15.0. The minimum Gasteiger partial charge on any atom is -0.466 e. The number of benzene rings is 1. The predicted molar refractivity (Wildman–Crippen MR) is 82.6 cm³/mol. The molecule has 0 saturated heterocycles.